The van der Waals surface area contributed by atoms with Crippen molar-refractivity contribution in [3.63, 3.8) is 0 Å². The molecule has 0 aliphatic carbocycles. The van der Waals surface area contributed by atoms with Gasteiger partial charge in [0.05, 0.1) is 13.0 Å². The lowest BCUT2D eigenvalue weighted by atomic mass is 10.0. The maximum absolute atomic E-state index is 11.7. The van der Waals surface area contributed by atoms with Gasteiger partial charge >= 0.3 is 12.0 Å². The van der Waals surface area contributed by atoms with Gasteiger partial charge in [-0.2, -0.15) is 0 Å². The van der Waals surface area contributed by atoms with Crippen molar-refractivity contribution >= 4 is 12.0 Å². The van der Waals surface area contributed by atoms with E-state index in [-0.39, 0.29) is 0 Å². The summed E-state index contributed by atoms with van der Waals surface area (Å²) in [5.74, 6) is -0.894. The minimum atomic E-state index is -0.942. The Balaban J connectivity index is 2.49. The Hall–Kier alpha value is -2.24. The van der Waals surface area contributed by atoms with Gasteiger partial charge in [-0.15, -0.1) is 0 Å². The van der Waals surface area contributed by atoms with E-state index in [1.54, 1.807) is 21.0 Å². The lowest BCUT2D eigenvalue weighted by Gasteiger charge is -2.18. The first-order valence-electron chi connectivity index (χ1n) is 6.34. The maximum Gasteiger partial charge on any atom is 0.315 e. The molecule has 6 nitrogen and oxygen atoms in total. The largest absolute Gasteiger partial charge is 0.496 e. The van der Waals surface area contributed by atoms with Crippen LogP contribution in [-0.4, -0.2) is 30.3 Å². The molecule has 3 N–H and O–H groups in total. The molecule has 0 fully saturated rings. The van der Waals surface area contributed by atoms with Crippen LogP contribution in [0.1, 0.15) is 19.4 Å². The Morgan fingerprint density at radius 1 is 1.30 bits per heavy atom. The fourth-order valence-corrected chi connectivity index (χ4v) is 1.62. The summed E-state index contributed by atoms with van der Waals surface area (Å²) in [6, 6.07) is 6.50. The van der Waals surface area contributed by atoms with Crippen LogP contribution in [0.3, 0.4) is 0 Å². The number of carbonyl (C=O) groups excluding carboxylic acids is 1. The molecule has 0 spiro atoms. The highest BCUT2D eigenvalue weighted by molar-refractivity contribution is 5.76. The number of carbonyl (C=O) groups is 2. The number of methoxy groups -OCH3 is 1. The molecule has 110 valence electrons. The number of nitrogens with one attached hydrogen (secondary N) is 2. The van der Waals surface area contributed by atoms with Crippen LogP contribution in [0, 0.1) is 5.92 Å². The number of aliphatic carboxylic acids is 1. The van der Waals surface area contributed by atoms with Crippen LogP contribution in [0.25, 0.3) is 0 Å². The van der Waals surface area contributed by atoms with Crippen molar-refractivity contribution in [1.82, 2.24) is 10.6 Å². The zero-order chi connectivity index (χ0) is 15.1. The van der Waals surface area contributed by atoms with Gasteiger partial charge in [-0.25, -0.2) is 4.79 Å². The quantitative estimate of drug-likeness (QED) is 0.738. The lowest BCUT2D eigenvalue weighted by molar-refractivity contribution is -0.141. The van der Waals surface area contributed by atoms with E-state index in [9.17, 15) is 9.59 Å². The molecule has 2 unspecified atom stereocenters. The summed E-state index contributed by atoms with van der Waals surface area (Å²) in [4.78, 5) is 22.5. The Morgan fingerprint density at radius 2 is 1.95 bits per heavy atom. The van der Waals surface area contributed by atoms with E-state index in [4.69, 9.17) is 9.84 Å². The standard InChI is InChI=1S/C14H20N2O4/c1-9(13(17)18)10(2)16-14(19)15-8-11-6-4-5-7-12(11)20-3/h4-7,9-10H,8H2,1-3H3,(H,17,18)(H2,15,16,19). The summed E-state index contributed by atoms with van der Waals surface area (Å²) in [7, 11) is 1.56. The molecule has 2 atom stereocenters. The molecule has 0 heterocycles. The number of ether oxygens (including phenoxy) is 1. The molecule has 1 aromatic carbocycles. The van der Waals surface area contributed by atoms with E-state index in [1.807, 2.05) is 24.3 Å². The third-order valence-corrected chi connectivity index (χ3v) is 3.13. The van der Waals surface area contributed by atoms with Gasteiger partial charge in [0, 0.05) is 18.2 Å². The van der Waals surface area contributed by atoms with E-state index >= 15 is 0 Å². The number of carboxylic acid groups (broad SMARTS) is 1. The second-order valence-corrected chi connectivity index (χ2v) is 4.55. The van der Waals surface area contributed by atoms with Crippen LogP contribution in [0.2, 0.25) is 0 Å². The van der Waals surface area contributed by atoms with Crippen LogP contribution in [-0.2, 0) is 11.3 Å². The average Bonchev–Trinajstić information content (AvgIpc) is 2.44. The summed E-state index contributed by atoms with van der Waals surface area (Å²) < 4.78 is 5.18. The smallest absolute Gasteiger partial charge is 0.315 e. The van der Waals surface area contributed by atoms with Crippen LogP contribution in [0.15, 0.2) is 24.3 Å². The van der Waals surface area contributed by atoms with E-state index in [0.29, 0.717) is 12.3 Å². The second kappa shape index (κ2) is 7.37. The molecule has 0 aliphatic heterocycles. The molecule has 0 aromatic heterocycles. The van der Waals surface area contributed by atoms with Gasteiger partial charge < -0.3 is 20.5 Å². The lowest BCUT2D eigenvalue weighted by Crippen LogP contribution is -2.45. The van der Waals surface area contributed by atoms with Crippen molar-refractivity contribution in [3.8, 4) is 5.75 Å². The predicted molar refractivity (Wildman–Crippen MR) is 74.6 cm³/mol. The summed E-state index contributed by atoms with van der Waals surface area (Å²) in [6.45, 7) is 3.51. The molecule has 20 heavy (non-hydrogen) atoms. The first-order chi connectivity index (χ1) is 9.45. The van der Waals surface area contributed by atoms with Crippen molar-refractivity contribution in [2.45, 2.75) is 26.4 Å². The second-order valence-electron chi connectivity index (χ2n) is 4.55. The summed E-state index contributed by atoms with van der Waals surface area (Å²) in [5.41, 5.74) is 0.851. The molecule has 1 aromatic rings. The van der Waals surface area contributed by atoms with Crippen molar-refractivity contribution < 1.29 is 19.4 Å². The molecule has 0 saturated heterocycles. The molecular formula is C14H20N2O4. The average molecular weight is 280 g/mol. The Bertz CT molecular complexity index is 476. The van der Waals surface area contributed by atoms with Gasteiger partial charge in [0.1, 0.15) is 5.75 Å². The minimum Gasteiger partial charge on any atom is -0.496 e. The first-order valence-corrected chi connectivity index (χ1v) is 6.34. The first kappa shape index (κ1) is 15.8. The zero-order valence-corrected chi connectivity index (χ0v) is 11.8. The van der Waals surface area contributed by atoms with Crippen LogP contribution < -0.4 is 15.4 Å². The van der Waals surface area contributed by atoms with Gasteiger partial charge in [-0.3, -0.25) is 4.79 Å². The highest BCUT2D eigenvalue weighted by Gasteiger charge is 2.20. The maximum atomic E-state index is 11.7. The Kier molecular flexibility index (Phi) is 5.83. The molecule has 0 radical (unpaired) electrons. The number of benzene rings is 1. The SMILES string of the molecule is COc1ccccc1CNC(=O)NC(C)C(C)C(=O)O. The van der Waals surface area contributed by atoms with E-state index in [2.05, 4.69) is 10.6 Å². The number of para-hydroxylation sites is 1. The normalized spacial score (nSPS) is 13.2. The highest BCUT2D eigenvalue weighted by Crippen LogP contribution is 2.16. The molecule has 6 heteroatoms. The van der Waals surface area contributed by atoms with Gasteiger partial charge in [0.15, 0.2) is 0 Å². The van der Waals surface area contributed by atoms with Crippen LogP contribution in [0.4, 0.5) is 4.79 Å². The molecule has 0 saturated carbocycles. The van der Waals surface area contributed by atoms with Gasteiger partial charge in [-0.05, 0) is 19.9 Å². The number of urea groups is 1. The predicted octanol–water partition coefficient (Wildman–Crippen LogP) is 1.60. The molecule has 2 amide bonds. The Labute approximate surface area is 118 Å². The van der Waals surface area contributed by atoms with E-state index in [0.717, 1.165) is 5.56 Å². The number of rotatable bonds is 6. The Morgan fingerprint density at radius 3 is 2.55 bits per heavy atom. The highest BCUT2D eigenvalue weighted by atomic mass is 16.5. The molecular weight excluding hydrogens is 260 g/mol. The van der Waals surface area contributed by atoms with Crippen molar-refractivity contribution in [2.75, 3.05) is 7.11 Å². The molecule has 0 aliphatic rings. The summed E-state index contributed by atoms with van der Waals surface area (Å²) >= 11 is 0. The third kappa shape index (κ3) is 4.46. The van der Waals surface area contributed by atoms with Crippen LogP contribution >= 0.6 is 0 Å². The number of amides is 2. The fourth-order valence-electron chi connectivity index (χ4n) is 1.62. The molecule has 1 rings (SSSR count). The van der Waals surface area contributed by atoms with E-state index in [1.165, 1.54) is 0 Å². The number of carboxylic acids is 1. The van der Waals surface area contributed by atoms with Crippen molar-refractivity contribution in [3.05, 3.63) is 29.8 Å². The monoisotopic (exact) mass is 280 g/mol. The van der Waals surface area contributed by atoms with Crippen LogP contribution in [0.5, 0.6) is 5.75 Å². The molecule has 0 bridgehead atoms. The van der Waals surface area contributed by atoms with Gasteiger partial charge in [0.25, 0.3) is 0 Å². The topological polar surface area (TPSA) is 87.7 Å². The minimum absolute atomic E-state index is 0.310. The fraction of sp³-hybridized carbons (Fsp3) is 0.429. The van der Waals surface area contributed by atoms with Crippen molar-refractivity contribution in [1.29, 1.82) is 0 Å². The van der Waals surface area contributed by atoms with E-state index < -0.39 is 24.0 Å². The van der Waals surface area contributed by atoms with Gasteiger partial charge in [-0.1, -0.05) is 18.2 Å². The number of hydrogen-bond donors (Lipinski definition) is 3. The van der Waals surface area contributed by atoms with Crippen molar-refractivity contribution in [2.24, 2.45) is 5.92 Å². The van der Waals surface area contributed by atoms with Gasteiger partial charge in [0.2, 0.25) is 0 Å². The third-order valence-electron chi connectivity index (χ3n) is 3.13. The number of hydrogen-bond acceptors (Lipinski definition) is 3. The summed E-state index contributed by atoms with van der Waals surface area (Å²) in [6.07, 6.45) is 0. The summed E-state index contributed by atoms with van der Waals surface area (Å²) in [5, 5.41) is 14.1. The zero-order valence-electron chi connectivity index (χ0n) is 11.8.